The van der Waals surface area contributed by atoms with E-state index in [4.69, 9.17) is 18.9 Å². The summed E-state index contributed by atoms with van der Waals surface area (Å²) in [6, 6.07) is 0. The molecule has 4 unspecified atom stereocenters. The van der Waals surface area contributed by atoms with Crippen LogP contribution in [0.15, 0.2) is 0 Å². The highest BCUT2D eigenvalue weighted by Gasteiger charge is 2.48. The molecule has 0 N–H and O–H groups in total. The van der Waals surface area contributed by atoms with Gasteiger partial charge < -0.3 is 18.9 Å². The van der Waals surface area contributed by atoms with Gasteiger partial charge in [-0.1, -0.05) is 0 Å². The van der Waals surface area contributed by atoms with E-state index >= 15 is 0 Å². The van der Waals surface area contributed by atoms with Crippen molar-refractivity contribution in [2.75, 3.05) is 37.9 Å². The van der Waals surface area contributed by atoms with Crippen LogP contribution in [-0.4, -0.2) is 62.3 Å². The summed E-state index contributed by atoms with van der Waals surface area (Å²) in [7, 11) is 0. The fourth-order valence-corrected chi connectivity index (χ4v) is 2.57. The van der Waals surface area contributed by atoms with Crippen LogP contribution in [0.1, 0.15) is 12.8 Å². The van der Waals surface area contributed by atoms with Crippen LogP contribution in [0.5, 0.6) is 0 Å². The molecule has 2 heterocycles. The minimum absolute atomic E-state index is 0.0333. The first-order valence-electron chi connectivity index (χ1n) is 6.55. The van der Waals surface area contributed by atoms with Crippen LogP contribution in [0.4, 0.5) is 0 Å². The number of hydrogen-bond acceptors (Lipinski definition) is 6. The molecule has 2 saturated heterocycles. The van der Waals surface area contributed by atoms with Crippen molar-refractivity contribution >= 4 is 25.3 Å². The van der Waals surface area contributed by atoms with Crippen molar-refractivity contribution in [3.8, 4) is 0 Å². The van der Waals surface area contributed by atoms with Crippen molar-refractivity contribution < 1.29 is 18.9 Å². The molecule has 2 aliphatic rings. The molecular formula is C12H22O4S2. The SMILES string of the molecule is SCCCOC1COC2C(OCCCS)COC12. The lowest BCUT2D eigenvalue weighted by Gasteiger charge is -2.17. The Bertz CT molecular complexity index is 218. The number of thiol groups is 2. The summed E-state index contributed by atoms with van der Waals surface area (Å²) >= 11 is 8.33. The zero-order chi connectivity index (χ0) is 12.8. The molecular weight excluding hydrogens is 272 g/mol. The van der Waals surface area contributed by atoms with Crippen LogP contribution in [0, 0.1) is 0 Å². The molecule has 0 aliphatic carbocycles. The van der Waals surface area contributed by atoms with Gasteiger partial charge in [-0.3, -0.25) is 0 Å². The Morgan fingerprint density at radius 1 is 0.833 bits per heavy atom. The Morgan fingerprint density at radius 2 is 1.28 bits per heavy atom. The summed E-state index contributed by atoms with van der Waals surface area (Å²) in [5.74, 6) is 1.69. The molecule has 2 rings (SSSR count). The molecule has 0 aromatic carbocycles. The Morgan fingerprint density at radius 3 is 1.67 bits per heavy atom. The molecule has 0 aromatic heterocycles. The Balaban J connectivity index is 1.72. The maximum absolute atomic E-state index is 5.76. The summed E-state index contributed by atoms with van der Waals surface area (Å²) in [5, 5.41) is 0. The molecule has 0 radical (unpaired) electrons. The predicted molar refractivity (Wildman–Crippen MR) is 75.9 cm³/mol. The van der Waals surface area contributed by atoms with E-state index < -0.39 is 0 Å². The molecule has 18 heavy (non-hydrogen) atoms. The number of hydrogen-bond donors (Lipinski definition) is 2. The number of ether oxygens (including phenoxy) is 4. The lowest BCUT2D eigenvalue weighted by atomic mass is 10.1. The highest BCUT2D eigenvalue weighted by atomic mass is 32.1. The van der Waals surface area contributed by atoms with E-state index in [1.165, 1.54) is 0 Å². The topological polar surface area (TPSA) is 36.9 Å². The monoisotopic (exact) mass is 294 g/mol. The van der Waals surface area contributed by atoms with E-state index in [1.807, 2.05) is 0 Å². The van der Waals surface area contributed by atoms with Crippen LogP contribution < -0.4 is 0 Å². The summed E-state index contributed by atoms with van der Waals surface area (Å²) in [4.78, 5) is 0. The minimum Gasteiger partial charge on any atom is -0.373 e. The van der Waals surface area contributed by atoms with Gasteiger partial charge >= 0.3 is 0 Å². The number of rotatable bonds is 8. The third-order valence-electron chi connectivity index (χ3n) is 3.23. The number of fused-ring (bicyclic) bond motifs is 1. The van der Waals surface area contributed by atoms with Gasteiger partial charge in [-0.05, 0) is 24.3 Å². The van der Waals surface area contributed by atoms with Gasteiger partial charge in [0, 0.05) is 13.2 Å². The summed E-state index contributed by atoms with van der Waals surface area (Å²) in [5.41, 5.74) is 0. The second-order valence-corrected chi connectivity index (χ2v) is 5.46. The van der Waals surface area contributed by atoms with Crippen LogP contribution in [0.25, 0.3) is 0 Å². The van der Waals surface area contributed by atoms with Crippen LogP contribution in [0.3, 0.4) is 0 Å². The van der Waals surface area contributed by atoms with E-state index in [2.05, 4.69) is 25.3 Å². The smallest absolute Gasteiger partial charge is 0.115 e. The van der Waals surface area contributed by atoms with Crippen molar-refractivity contribution in [3.05, 3.63) is 0 Å². The quantitative estimate of drug-likeness (QED) is 0.521. The molecule has 106 valence electrons. The van der Waals surface area contributed by atoms with Gasteiger partial charge in [0.25, 0.3) is 0 Å². The first kappa shape index (κ1) is 14.9. The fourth-order valence-electron chi connectivity index (χ4n) is 2.31. The van der Waals surface area contributed by atoms with Crippen LogP contribution in [0.2, 0.25) is 0 Å². The molecule has 2 fully saturated rings. The average Bonchev–Trinajstić information content (AvgIpc) is 2.94. The van der Waals surface area contributed by atoms with E-state index in [9.17, 15) is 0 Å². The van der Waals surface area contributed by atoms with Gasteiger partial charge in [0.2, 0.25) is 0 Å². The maximum atomic E-state index is 5.76. The molecule has 0 spiro atoms. The molecule has 4 nitrogen and oxygen atoms in total. The summed E-state index contributed by atoms with van der Waals surface area (Å²) < 4.78 is 23.0. The second-order valence-electron chi connectivity index (χ2n) is 4.57. The third-order valence-corrected chi connectivity index (χ3v) is 3.86. The summed E-state index contributed by atoms with van der Waals surface area (Å²) in [6.45, 7) is 2.65. The maximum Gasteiger partial charge on any atom is 0.115 e. The van der Waals surface area contributed by atoms with E-state index in [0.717, 1.165) is 37.6 Å². The van der Waals surface area contributed by atoms with Crippen LogP contribution >= 0.6 is 25.3 Å². The minimum atomic E-state index is 0.0333. The standard InChI is InChI=1S/C12H22O4S2/c17-5-1-3-13-9-7-15-12-10(8-16-11(9)12)14-4-2-6-18/h9-12,17-18H,1-8H2. The fraction of sp³-hybridized carbons (Fsp3) is 1.00. The molecule has 0 amide bonds. The van der Waals surface area contributed by atoms with Gasteiger partial charge in [-0.2, -0.15) is 25.3 Å². The first-order chi connectivity index (χ1) is 8.86. The van der Waals surface area contributed by atoms with E-state index in [-0.39, 0.29) is 24.4 Å². The zero-order valence-electron chi connectivity index (χ0n) is 10.5. The predicted octanol–water partition coefficient (Wildman–Crippen LogP) is 1.19. The van der Waals surface area contributed by atoms with Gasteiger partial charge in [0.05, 0.1) is 13.2 Å². The average molecular weight is 294 g/mol. The Hall–Kier alpha value is 0.540. The van der Waals surface area contributed by atoms with Gasteiger partial charge in [-0.25, -0.2) is 0 Å². The van der Waals surface area contributed by atoms with Crippen molar-refractivity contribution in [3.63, 3.8) is 0 Å². The molecule has 4 atom stereocenters. The van der Waals surface area contributed by atoms with Crippen LogP contribution in [-0.2, 0) is 18.9 Å². The largest absolute Gasteiger partial charge is 0.373 e. The lowest BCUT2D eigenvalue weighted by molar-refractivity contribution is -0.0497. The van der Waals surface area contributed by atoms with Gasteiger partial charge in [0.15, 0.2) is 0 Å². The normalized spacial score (nSPS) is 35.0. The van der Waals surface area contributed by atoms with Gasteiger partial charge in [0.1, 0.15) is 24.4 Å². The van der Waals surface area contributed by atoms with Gasteiger partial charge in [-0.15, -0.1) is 0 Å². The molecule has 6 heteroatoms. The van der Waals surface area contributed by atoms with E-state index in [1.54, 1.807) is 0 Å². The highest BCUT2D eigenvalue weighted by molar-refractivity contribution is 7.80. The van der Waals surface area contributed by atoms with Crippen molar-refractivity contribution in [2.24, 2.45) is 0 Å². The Kier molecular flexibility index (Phi) is 6.61. The van der Waals surface area contributed by atoms with Crippen molar-refractivity contribution in [1.29, 1.82) is 0 Å². The Labute approximate surface area is 120 Å². The second kappa shape index (κ2) is 7.97. The van der Waals surface area contributed by atoms with E-state index in [0.29, 0.717) is 13.2 Å². The molecule has 0 saturated carbocycles. The molecule has 2 aliphatic heterocycles. The third kappa shape index (κ3) is 3.77. The van der Waals surface area contributed by atoms with Crippen molar-refractivity contribution in [1.82, 2.24) is 0 Å². The summed E-state index contributed by atoms with van der Waals surface area (Å²) in [6.07, 6.45) is 2.08. The van der Waals surface area contributed by atoms with Crippen molar-refractivity contribution in [2.45, 2.75) is 37.3 Å². The first-order valence-corrected chi connectivity index (χ1v) is 7.81. The zero-order valence-corrected chi connectivity index (χ0v) is 12.3. The molecule has 0 aromatic rings. The molecule has 0 bridgehead atoms. The highest BCUT2D eigenvalue weighted by Crippen LogP contribution is 2.30. The lowest BCUT2D eigenvalue weighted by Crippen LogP contribution is -2.34.